The van der Waals surface area contributed by atoms with Gasteiger partial charge in [-0.3, -0.25) is 14.6 Å². The van der Waals surface area contributed by atoms with E-state index in [1.165, 1.54) is 4.31 Å². The molecule has 0 aromatic carbocycles. The van der Waals surface area contributed by atoms with Crippen molar-refractivity contribution in [1.29, 1.82) is 0 Å². The zero-order chi connectivity index (χ0) is 20.6. The summed E-state index contributed by atoms with van der Waals surface area (Å²) in [5, 5.41) is 0. The molecule has 9 nitrogen and oxygen atoms in total. The number of carbonyl (C=O) groups is 1. The van der Waals surface area contributed by atoms with E-state index in [0.717, 1.165) is 19.1 Å². The molecular formula is C19H23N5O4S. The average molecular weight is 417 g/mol. The minimum atomic E-state index is -3.37. The molecule has 0 bridgehead atoms. The van der Waals surface area contributed by atoms with Crippen molar-refractivity contribution < 1.29 is 13.2 Å². The molecule has 2 aliphatic rings. The van der Waals surface area contributed by atoms with E-state index in [0.29, 0.717) is 42.2 Å². The lowest BCUT2D eigenvalue weighted by Crippen LogP contribution is -2.42. The van der Waals surface area contributed by atoms with Gasteiger partial charge >= 0.3 is 0 Å². The smallest absolute Gasteiger partial charge is 0.273 e. The van der Waals surface area contributed by atoms with Gasteiger partial charge in [0.25, 0.3) is 11.5 Å². The number of amides is 1. The third-order valence-corrected chi connectivity index (χ3v) is 6.74. The van der Waals surface area contributed by atoms with Crippen LogP contribution in [-0.4, -0.2) is 57.8 Å². The first-order valence-electron chi connectivity index (χ1n) is 9.63. The number of pyridine rings is 1. The standard InChI is InChI=1S/C19H23N5O4S/c1-29(27,28)23-11-8-13-15(12-23)21-17(22-18(13)25)16-7-3-5-10-24(16)19(26)14-6-2-4-9-20-14/h2,4,6,9,16H,3,5,7-8,10-12H2,1H3,(H,21,22,25)/t16-/m1/s1. The van der Waals surface area contributed by atoms with Crippen molar-refractivity contribution in [2.45, 2.75) is 38.3 Å². The normalized spacial score (nSPS) is 20.3. The number of aromatic nitrogens is 3. The van der Waals surface area contributed by atoms with Crippen LogP contribution in [0.15, 0.2) is 29.2 Å². The maximum atomic E-state index is 13.0. The van der Waals surface area contributed by atoms with Crippen LogP contribution in [0.5, 0.6) is 0 Å². The van der Waals surface area contributed by atoms with Gasteiger partial charge in [-0.1, -0.05) is 6.07 Å². The average Bonchev–Trinajstić information content (AvgIpc) is 2.73. The molecule has 0 spiro atoms. The molecule has 1 saturated heterocycles. The van der Waals surface area contributed by atoms with Gasteiger partial charge < -0.3 is 9.88 Å². The number of carbonyl (C=O) groups excluding carboxylic acids is 1. The van der Waals surface area contributed by atoms with Gasteiger partial charge in [-0.2, -0.15) is 4.31 Å². The fraction of sp³-hybridized carbons (Fsp3) is 0.474. The molecule has 2 aliphatic heterocycles. The lowest BCUT2D eigenvalue weighted by Gasteiger charge is -2.35. The van der Waals surface area contributed by atoms with Crippen molar-refractivity contribution in [3.63, 3.8) is 0 Å². The predicted octanol–water partition coefficient (Wildman–Crippen LogP) is 0.850. The number of nitrogens with zero attached hydrogens (tertiary/aromatic N) is 4. The second kappa shape index (κ2) is 7.68. The summed E-state index contributed by atoms with van der Waals surface area (Å²) >= 11 is 0. The van der Waals surface area contributed by atoms with Crippen LogP contribution in [-0.2, 0) is 23.0 Å². The van der Waals surface area contributed by atoms with Crippen LogP contribution in [0.4, 0.5) is 0 Å². The van der Waals surface area contributed by atoms with Gasteiger partial charge in [-0.25, -0.2) is 13.4 Å². The highest BCUT2D eigenvalue weighted by Gasteiger charge is 2.33. The molecule has 4 rings (SSSR count). The summed E-state index contributed by atoms with van der Waals surface area (Å²) in [6, 6.07) is 4.81. The van der Waals surface area contributed by atoms with E-state index in [-0.39, 0.29) is 30.6 Å². The van der Waals surface area contributed by atoms with Crippen LogP contribution in [0, 0.1) is 0 Å². The number of hydrogen-bond acceptors (Lipinski definition) is 6. The highest BCUT2D eigenvalue weighted by atomic mass is 32.2. The van der Waals surface area contributed by atoms with Crippen LogP contribution in [0.25, 0.3) is 0 Å². The summed E-state index contributed by atoms with van der Waals surface area (Å²) in [6.45, 7) is 0.895. The molecule has 0 aliphatic carbocycles. The van der Waals surface area contributed by atoms with Gasteiger partial charge in [-0.05, 0) is 37.8 Å². The largest absolute Gasteiger partial charge is 0.327 e. The molecule has 1 atom stereocenters. The van der Waals surface area contributed by atoms with Crippen molar-refractivity contribution >= 4 is 15.9 Å². The quantitative estimate of drug-likeness (QED) is 0.791. The van der Waals surface area contributed by atoms with E-state index in [4.69, 9.17) is 0 Å². The number of sulfonamides is 1. The molecule has 29 heavy (non-hydrogen) atoms. The Kier molecular flexibility index (Phi) is 5.22. The molecule has 154 valence electrons. The summed E-state index contributed by atoms with van der Waals surface area (Å²) in [6.07, 6.45) is 5.51. The Balaban J connectivity index is 1.69. The number of hydrogen-bond donors (Lipinski definition) is 1. The van der Waals surface area contributed by atoms with Crippen molar-refractivity contribution in [2.24, 2.45) is 0 Å². The van der Waals surface area contributed by atoms with Crippen molar-refractivity contribution in [3.05, 3.63) is 57.5 Å². The van der Waals surface area contributed by atoms with Gasteiger partial charge in [0, 0.05) is 24.8 Å². The Morgan fingerprint density at radius 1 is 1.24 bits per heavy atom. The Bertz CT molecular complexity index is 1080. The third kappa shape index (κ3) is 3.95. The van der Waals surface area contributed by atoms with E-state index in [1.54, 1.807) is 29.3 Å². The van der Waals surface area contributed by atoms with Gasteiger partial charge in [0.05, 0.1) is 24.5 Å². The first kappa shape index (κ1) is 19.7. The topological polar surface area (TPSA) is 116 Å². The Morgan fingerprint density at radius 2 is 2.07 bits per heavy atom. The van der Waals surface area contributed by atoms with Crippen LogP contribution in [0.2, 0.25) is 0 Å². The van der Waals surface area contributed by atoms with Crippen LogP contribution < -0.4 is 5.56 Å². The third-order valence-electron chi connectivity index (χ3n) is 5.49. The van der Waals surface area contributed by atoms with Gasteiger partial charge in [-0.15, -0.1) is 0 Å². The Hall–Kier alpha value is -2.59. The lowest BCUT2D eigenvalue weighted by atomic mass is 10.00. The monoisotopic (exact) mass is 417 g/mol. The molecule has 0 saturated carbocycles. The number of piperidine rings is 1. The van der Waals surface area contributed by atoms with Crippen molar-refractivity contribution in [2.75, 3.05) is 19.3 Å². The summed E-state index contributed by atoms with van der Waals surface area (Å²) in [5.41, 5.74) is 1.08. The molecular weight excluding hydrogens is 394 g/mol. The maximum absolute atomic E-state index is 13.0. The minimum Gasteiger partial charge on any atom is -0.327 e. The minimum absolute atomic E-state index is 0.0754. The molecule has 0 radical (unpaired) electrons. The summed E-state index contributed by atoms with van der Waals surface area (Å²) in [5.74, 6) is 0.210. The zero-order valence-electron chi connectivity index (χ0n) is 16.2. The molecule has 10 heteroatoms. The van der Waals surface area contributed by atoms with Crippen LogP contribution in [0.3, 0.4) is 0 Å². The van der Waals surface area contributed by atoms with E-state index in [2.05, 4.69) is 15.0 Å². The second-order valence-electron chi connectivity index (χ2n) is 7.45. The zero-order valence-corrected chi connectivity index (χ0v) is 17.0. The molecule has 2 aromatic rings. The summed E-state index contributed by atoms with van der Waals surface area (Å²) < 4.78 is 25.2. The number of nitrogens with one attached hydrogen (secondary N) is 1. The van der Waals surface area contributed by atoms with E-state index in [1.807, 2.05) is 0 Å². The fourth-order valence-corrected chi connectivity index (χ4v) is 4.75. The van der Waals surface area contributed by atoms with Gasteiger partial charge in [0.2, 0.25) is 10.0 Å². The molecule has 0 unspecified atom stereocenters. The van der Waals surface area contributed by atoms with Gasteiger partial charge in [0.1, 0.15) is 11.5 Å². The van der Waals surface area contributed by atoms with E-state index >= 15 is 0 Å². The first-order valence-corrected chi connectivity index (χ1v) is 11.5. The first-order chi connectivity index (χ1) is 13.8. The highest BCUT2D eigenvalue weighted by molar-refractivity contribution is 7.88. The van der Waals surface area contributed by atoms with Crippen molar-refractivity contribution in [1.82, 2.24) is 24.2 Å². The summed E-state index contributed by atoms with van der Waals surface area (Å²) in [7, 11) is -3.37. The predicted molar refractivity (Wildman–Crippen MR) is 106 cm³/mol. The molecule has 2 aromatic heterocycles. The molecule has 1 N–H and O–H groups in total. The number of fused-ring (bicyclic) bond motifs is 1. The van der Waals surface area contributed by atoms with Crippen molar-refractivity contribution in [3.8, 4) is 0 Å². The molecule has 1 amide bonds. The fourth-order valence-electron chi connectivity index (χ4n) is 3.97. The van der Waals surface area contributed by atoms with E-state index in [9.17, 15) is 18.0 Å². The van der Waals surface area contributed by atoms with Crippen LogP contribution >= 0.6 is 0 Å². The molecule has 1 fully saturated rings. The number of H-pyrrole nitrogens is 1. The molecule has 4 heterocycles. The Labute approximate surface area is 168 Å². The number of aromatic amines is 1. The SMILES string of the molecule is CS(=O)(=O)N1CCc2c(nc([C@H]3CCCCN3C(=O)c3ccccn3)[nH]c2=O)C1. The number of likely N-dealkylation sites (tertiary alicyclic amines) is 1. The summed E-state index contributed by atoms with van der Waals surface area (Å²) in [4.78, 5) is 39.0. The highest BCUT2D eigenvalue weighted by Crippen LogP contribution is 2.30. The van der Waals surface area contributed by atoms with Gasteiger partial charge in [0.15, 0.2) is 0 Å². The maximum Gasteiger partial charge on any atom is 0.273 e. The lowest BCUT2D eigenvalue weighted by molar-refractivity contribution is 0.0592. The second-order valence-corrected chi connectivity index (χ2v) is 9.43. The number of rotatable bonds is 3. The van der Waals surface area contributed by atoms with E-state index < -0.39 is 10.0 Å². The Morgan fingerprint density at radius 3 is 2.79 bits per heavy atom. The van der Waals surface area contributed by atoms with Crippen LogP contribution in [0.1, 0.15) is 52.9 Å².